The highest BCUT2D eigenvalue weighted by molar-refractivity contribution is 5.89. The summed E-state index contributed by atoms with van der Waals surface area (Å²) in [5.41, 5.74) is 4.08. The van der Waals surface area contributed by atoms with Gasteiger partial charge in [-0.3, -0.25) is 4.68 Å². The minimum absolute atomic E-state index is 0.224. The molecule has 1 saturated heterocycles. The van der Waals surface area contributed by atoms with E-state index in [0.29, 0.717) is 13.1 Å². The van der Waals surface area contributed by atoms with Crippen LogP contribution in [-0.4, -0.2) is 42.1 Å². The normalized spacial score (nSPS) is 13.9. The predicted molar refractivity (Wildman–Crippen MR) is 113 cm³/mol. The van der Waals surface area contributed by atoms with Crippen molar-refractivity contribution >= 4 is 17.4 Å². The number of benzene rings is 2. The van der Waals surface area contributed by atoms with E-state index in [9.17, 15) is 4.79 Å². The molecule has 0 unspecified atom stereocenters. The fraction of sp³-hybridized carbons (Fsp3) is 0.273. The van der Waals surface area contributed by atoms with Gasteiger partial charge in [-0.25, -0.2) is 4.79 Å². The van der Waals surface area contributed by atoms with Gasteiger partial charge < -0.3 is 20.3 Å². The Bertz CT molecular complexity index is 919. The fourth-order valence-electron chi connectivity index (χ4n) is 3.33. The zero-order chi connectivity index (χ0) is 19.9. The lowest BCUT2D eigenvalue weighted by Crippen LogP contribution is -2.36. The highest BCUT2D eigenvalue weighted by atomic mass is 16.5. The van der Waals surface area contributed by atoms with Crippen molar-refractivity contribution < 1.29 is 9.53 Å². The van der Waals surface area contributed by atoms with Crippen molar-refractivity contribution in [3.05, 3.63) is 78.1 Å². The smallest absolute Gasteiger partial charge is 0.319 e. The van der Waals surface area contributed by atoms with Crippen LogP contribution in [0.1, 0.15) is 11.1 Å². The molecule has 7 heteroatoms. The number of hydrogen-bond acceptors (Lipinski definition) is 4. The Hall–Kier alpha value is -3.32. The summed E-state index contributed by atoms with van der Waals surface area (Å²) in [6.45, 7) is 4.51. The number of aromatic nitrogens is 2. The molecule has 1 fully saturated rings. The molecule has 7 nitrogen and oxygen atoms in total. The third-order valence-electron chi connectivity index (χ3n) is 4.85. The molecule has 0 spiro atoms. The molecule has 150 valence electrons. The maximum Gasteiger partial charge on any atom is 0.319 e. The summed E-state index contributed by atoms with van der Waals surface area (Å²) in [6.07, 6.45) is 3.67. The first-order valence-corrected chi connectivity index (χ1v) is 9.79. The standard InChI is InChI=1S/C22H25N5O2/c28-22(25-20-4-1-3-19(15-20)17-27-10-2-9-24-27)23-16-18-5-7-21(8-6-18)26-11-13-29-14-12-26/h1-10,15H,11-14,16-17H2,(H2,23,25,28). The van der Waals surface area contributed by atoms with Gasteiger partial charge in [0.15, 0.2) is 0 Å². The van der Waals surface area contributed by atoms with Gasteiger partial charge in [0.25, 0.3) is 0 Å². The van der Waals surface area contributed by atoms with Gasteiger partial charge in [-0.15, -0.1) is 0 Å². The molecule has 1 aliphatic heterocycles. The van der Waals surface area contributed by atoms with E-state index in [1.54, 1.807) is 6.20 Å². The van der Waals surface area contributed by atoms with E-state index in [0.717, 1.165) is 43.1 Å². The van der Waals surface area contributed by atoms with Crippen LogP contribution in [0.4, 0.5) is 16.2 Å². The Morgan fingerprint density at radius 1 is 1.03 bits per heavy atom. The second kappa shape index (κ2) is 9.25. The second-order valence-corrected chi connectivity index (χ2v) is 6.98. The van der Waals surface area contributed by atoms with Gasteiger partial charge >= 0.3 is 6.03 Å². The highest BCUT2D eigenvalue weighted by Gasteiger charge is 2.11. The Morgan fingerprint density at radius 3 is 2.62 bits per heavy atom. The number of carbonyl (C=O) groups excluding carboxylic acids is 1. The largest absolute Gasteiger partial charge is 0.378 e. The maximum absolute atomic E-state index is 12.3. The number of ether oxygens (including phenoxy) is 1. The molecule has 4 rings (SSSR count). The summed E-state index contributed by atoms with van der Waals surface area (Å²) in [5.74, 6) is 0. The van der Waals surface area contributed by atoms with Crippen LogP contribution < -0.4 is 15.5 Å². The minimum Gasteiger partial charge on any atom is -0.378 e. The van der Waals surface area contributed by atoms with Gasteiger partial charge in [0.2, 0.25) is 0 Å². The number of nitrogens with zero attached hydrogens (tertiary/aromatic N) is 3. The van der Waals surface area contributed by atoms with Crippen molar-refractivity contribution in [3.63, 3.8) is 0 Å². The van der Waals surface area contributed by atoms with E-state index < -0.39 is 0 Å². The Morgan fingerprint density at radius 2 is 1.86 bits per heavy atom. The number of anilines is 2. The zero-order valence-corrected chi connectivity index (χ0v) is 16.3. The van der Waals surface area contributed by atoms with Crippen LogP contribution in [0.2, 0.25) is 0 Å². The first-order chi connectivity index (χ1) is 14.3. The lowest BCUT2D eigenvalue weighted by molar-refractivity contribution is 0.122. The van der Waals surface area contributed by atoms with Crippen molar-refractivity contribution in [3.8, 4) is 0 Å². The van der Waals surface area contributed by atoms with Crippen molar-refractivity contribution in [1.29, 1.82) is 0 Å². The number of carbonyl (C=O) groups is 1. The number of morpholine rings is 1. The summed E-state index contributed by atoms with van der Waals surface area (Å²) in [7, 11) is 0. The zero-order valence-electron chi connectivity index (χ0n) is 16.3. The van der Waals surface area contributed by atoms with Crippen molar-refractivity contribution in [2.24, 2.45) is 0 Å². The summed E-state index contributed by atoms with van der Waals surface area (Å²) in [6, 6.07) is 17.7. The van der Waals surface area contributed by atoms with Gasteiger partial charge in [-0.1, -0.05) is 24.3 Å². The lowest BCUT2D eigenvalue weighted by atomic mass is 10.2. The number of urea groups is 1. The van der Waals surface area contributed by atoms with Crippen LogP contribution in [0.15, 0.2) is 67.0 Å². The van der Waals surface area contributed by atoms with E-state index in [1.165, 1.54) is 5.69 Å². The molecule has 0 bridgehead atoms. The molecule has 0 radical (unpaired) electrons. The maximum atomic E-state index is 12.3. The molecule has 1 aromatic heterocycles. The van der Waals surface area contributed by atoms with Gasteiger partial charge in [0.1, 0.15) is 0 Å². The third kappa shape index (κ3) is 5.36. The van der Waals surface area contributed by atoms with Gasteiger partial charge in [-0.2, -0.15) is 5.10 Å². The molecule has 29 heavy (non-hydrogen) atoms. The number of rotatable bonds is 6. The van der Waals surface area contributed by atoms with Crippen LogP contribution >= 0.6 is 0 Å². The van der Waals surface area contributed by atoms with Gasteiger partial charge in [0.05, 0.1) is 19.8 Å². The lowest BCUT2D eigenvalue weighted by Gasteiger charge is -2.28. The van der Waals surface area contributed by atoms with Crippen molar-refractivity contribution in [1.82, 2.24) is 15.1 Å². The topological polar surface area (TPSA) is 71.4 Å². The number of amides is 2. The number of hydrogen-bond donors (Lipinski definition) is 2. The Balaban J connectivity index is 1.27. The van der Waals surface area contributed by atoms with Crippen molar-refractivity contribution in [2.45, 2.75) is 13.1 Å². The van der Waals surface area contributed by atoms with E-state index in [2.05, 4.69) is 44.9 Å². The monoisotopic (exact) mass is 391 g/mol. The minimum atomic E-state index is -0.224. The molecular formula is C22H25N5O2. The highest BCUT2D eigenvalue weighted by Crippen LogP contribution is 2.17. The fourth-order valence-corrected chi connectivity index (χ4v) is 3.33. The Labute approximate surface area is 170 Å². The predicted octanol–water partition coefficient (Wildman–Crippen LogP) is 3.09. The van der Waals surface area contributed by atoms with Crippen molar-refractivity contribution in [2.75, 3.05) is 36.5 Å². The molecule has 1 aliphatic rings. The molecule has 2 heterocycles. The molecule has 3 aromatic rings. The average Bonchev–Trinajstić information content (AvgIpc) is 3.27. The van der Waals surface area contributed by atoms with Crippen LogP contribution in [0.3, 0.4) is 0 Å². The average molecular weight is 391 g/mol. The van der Waals surface area contributed by atoms with Crippen LogP contribution in [0.25, 0.3) is 0 Å². The summed E-state index contributed by atoms with van der Waals surface area (Å²) in [5, 5.41) is 10.0. The molecule has 0 aliphatic carbocycles. The summed E-state index contributed by atoms with van der Waals surface area (Å²) < 4.78 is 7.24. The van der Waals surface area contributed by atoms with Gasteiger partial charge in [0, 0.05) is 43.4 Å². The first-order valence-electron chi connectivity index (χ1n) is 9.79. The van der Waals surface area contributed by atoms with E-state index >= 15 is 0 Å². The molecule has 0 atom stereocenters. The molecule has 2 amide bonds. The molecule has 2 aromatic carbocycles. The van der Waals surface area contributed by atoms with Crippen LogP contribution in [0, 0.1) is 0 Å². The van der Waals surface area contributed by atoms with E-state index in [-0.39, 0.29) is 6.03 Å². The Kier molecular flexibility index (Phi) is 6.07. The third-order valence-corrected chi connectivity index (χ3v) is 4.85. The molecular weight excluding hydrogens is 366 g/mol. The number of nitrogens with one attached hydrogen (secondary N) is 2. The summed E-state index contributed by atoms with van der Waals surface area (Å²) >= 11 is 0. The molecule has 0 saturated carbocycles. The van der Waals surface area contributed by atoms with Crippen LogP contribution in [0.5, 0.6) is 0 Å². The second-order valence-electron chi connectivity index (χ2n) is 6.98. The molecule has 2 N–H and O–H groups in total. The quantitative estimate of drug-likeness (QED) is 0.677. The first kappa shape index (κ1) is 19.0. The van der Waals surface area contributed by atoms with Gasteiger partial charge in [-0.05, 0) is 41.5 Å². The summed E-state index contributed by atoms with van der Waals surface area (Å²) in [4.78, 5) is 14.6. The van der Waals surface area contributed by atoms with Crippen LogP contribution in [-0.2, 0) is 17.8 Å². The van der Waals surface area contributed by atoms with E-state index in [4.69, 9.17) is 4.74 Å². The SMILES string of the molecule is O=C(NCc1ccc(N2CCOCC2)cc1)Nc1cccc(Cn2cccn2)c1. The van der Waals surface area contributed by atoms with E-state index in [1.807, 2.05) is 41.2 Å².